The number of rotatable bonds is 9. The third kappa shape index (κ3) is 6.79. The third-order valence-electron chi connectivity index (χ3n) is 4.80. The lowest BCUT2D eigenvalue weighted by molar-refractivity contribution is -0.122. The molecule has 0 radical (unpaired) electrons. The molecule has 0 aliphatic heterocycles. The summed E-state index contributed by atoms with van der Waals surface area (Å²) in [5, 5.41) is 16.0. The molecule has 0 spiro atoms. The molecule has 1 atom stereocenters. The van der Waals surface area contributed by atoms with Gasteiger partial charge in [-0.15, -0.1) is 0 Å². The Labute approximate surface area is 203 Å². The highest BCUT2D eigenvalue weighted by Gasteiger charge is 2.17. The van der Waals surface area contributed by atoms with Crippen molar-refractivity contribution in [2.45, 2.75) is 24.8 Å². The molecule has 34 heavy (non-hydrogen) atoms. The van der Waals surface area contributed by atoms with Crippen molar-refractivity contribution in [1.29, 1.82) is 0 Å². The quantitative estimate of drug-likeness (QED) is 0.288. The molecule has 1 unspecified atom stereocenters. The number of sulfone groups is 1. The van der Waals surface area contributed by atoms with Gasteiger partial charge in [-0.05, 0) is 56.3 Å². The van der Waals surface area contributed by atoms with E-state index < -0.39 is 21.8 Å². The van der Waals surface area contributed by atoms with Crippen molar-refractivity contribution < 1.29 is 27.8 Å². The van der Waals surface area contributed by atoms with Crippen LogP contribution < -0.4 is 20.1 Å². The number of anilines is 2. The molecule has 8 nitrogen and oxygen atoms in total. The second-order valence-corrected chi connectivity index (χ2v) is 10.0. The molecule has 0 aliphatic carbocycles. The van der Waals surface area contributed by atoms with Gasteiger partial charge in [0.15, 0.2) is 22.7 Å². The zero-order valence-corrected chi connectivity index (χ0v) is 20.4. The van der Waals surface area contributed by atoms with Gasteiger partial charge < -0.3 is 25.2 Å². The van der Waals surface area contributed by atoms with Crippen LogP contribution in [0.4, 0.5) is 11.4 Å². The van der Waals surface area contributed by atoms with Crippen molar-refractivity contribution in [3.8, 4) is 17.2 Å². The summed E-state index contributed by atoms with van der Waals surface area (Å²) >= 11 is 6.28. The molecule has 3 N–H and O–H groups in total. The number of phenols is 1. The smallest absolute Gasteiger partial charge is 0.265 e. The van der Waals surface area contributed by atoms with Gasteiger partial charge in [-0.2, -0.15) is 0 Å². The molecule has 10 heteroatoms. The largest absolute Gasteiger partial charge is 0.506 e. The molecule has 0 aromatic heterocycles. The summed E-state index contributed by atoms with van der Waals surface area (Å²) in [6, 6.07) is 16.0. The highest BCUT2D eigenvalue weighted by molar-refractivity contribution is 7.90. The van der Waals surface area contributed by atoms with Gasteiger partial charge in [0, 0.05) is 12.3 Å². The first-order chi connectivity index (χ1) is 16.0. The van der Waals surface area contributed by atoms with E-state index in [0.29, 0.717) is 17.2 Å². The first kappa shape index (κ1) is 25.2. The number of hydrogen-bond acceptors (Lipinski definition) is 7. The van der Waals surface area contributed by atoms with E-state index in [2.05, 4.69) is 10.6 Å². The van der Waals surface area contributed by atoms with Gasteiger partial charge >= 0.3 is 0 Å². The van der Waals surface area contributed by atoms with Crippen molar-refractivity contribution in [3.05, 3.63) is 71.2 Å². The summed E-state index contributed by atoms with van der Waals surface area (Å²) < 4.78 is 34.2. The Kier molecular flexibility index (Phi) is 7.90. The Morgan fingerprint density at radius 1 is 1.03 bits per heavy atom. The lowest BCUT2D eigenvalue weighted by Crippen LogP contribution is -2.30. The van der Waals surface area contributed by atoms with Crippen LogP contribution in [-0.2, 0) is 14.6 Å². The number of carbonyl (C=O) groups is 1. The zero-order valence-electron chi connectivity index (χ0n) is 18.8. The van der Waals surface area contributed by atoms with Crippen molar-refractivity contribution in [3.63, 3.8) is 0 Å². The van der Waals surface area contributed by atoms with Crippen molar-refractivity contribution in [2.24, 2.45) is 0 Å². The van der Waals surface area contributed by atoms with Gasteiger partial charge in [0.1, 0.15) is 17.2 Å². The van der Waals surface area contributed by atoms with E-state index >= 15 is 0 Å². The standard InChI is InChI=1S/C24H25ClN2O6S/c1-15-4-6-18(7-5-15)33-16(2)24(29)27-21-13-23(28)22(12-20(21)25)26-14-32-17-8-10-19(11-9-17)34(3,30)31/h4-13,16,26,28H,14H2,1-3H3,(H,27,29). The van der Waals surface area contributed by atoms with Crippen LogP contribution in [0.5, 0.6) is 17.2 Å². The Morgan fingerprint density at radius 3 is 2.26 bits per heavy atom. The number of carbonyl (C=O) groups excluding carboxylic acids is 1. The van der Waals surface area contributed by atoms with E-state index in [4.69, 9.17) is 21.1 Å². The molecule has 0 bridgehead atoms. The fraction of sp³-hybridized carbons (Fsp3) is 0.208. The van der Waals surface area contributed by atoms with E-state index in [0.717, 1.165) is 11.8 Å². The molecular formula is C24H25ClN2O6S. The van der Waals surface area contributed by atoms with Crippen LogP contribution in [0.1, 0.15) is 12.5 Å². The lowest BCUT2D eigenvalue weighted by Gasteiger charge is -2.17. The second-order valence-electron chi connectivity index (χ2n) is 7.62. The summed E-state index contributed by atoms with van der Waals surface area (Å²) in [6.45, 7) is 3.55. The number of aryl methyl sites for hydroxylation is 1. The van der Waals surface area contributed by atoms with Crippen LogP contribution in [0.3, 0.4) is 0 Å². The lowest BCUT2D eigenvalue weighted by atomic mass is 10.2. The van der Waals surface area contributed by atoms with Gasteiger partial charge in [0.25, 0.3) is 5.91 Å². The predicted octanol–water partition coefficient (Wildman–Crippen LogP) is 4.61. The van der Waals surface area contributed by atoms with Gasteiger partial charge in [-0.25, -0.2) is 8.42 Å². The molecule has 0 aliphatic rings. The van der Waals surface area contributed by atoms with Gasteiger partial charge in [0.05, 0.1) is 21.3 Å². The molecule has 180 valence electrons. The Balaban J connectivity index is 1.57. The minimum Gasteiger partial charge on any atom is -0.506 e. The first-order valence-corrected chi connectivity index (χ1v) is 12.5. The van der Waals surface area contributed by atoms with Crippen LogP contribution in [0.25, 0.3) is 0 Å². The van der Waals surface area contributed by atoms with Crippen LogP contribution >= 0.6 is 11.6 Å². The molecule has 1 amide bonds. The number of amides is 1. The summed E-state index contributed by atoms with van der Waals surface area (Å²) in [4.78, 5) is 12.7. The maximum Gasteiger partial charge on any atom is 0.265 e. The SMILES string of the molecule is Cc1ccc(OC(C)C(=O)Nc2cc(O)c(NCOc3ccc(S(C)(=O)=O)cc3)cc2Cl)cc1. The summed E-state index contributed by atoms with van der Waals surface area (Å²) in [5.74, 6) is 0.427. The number of benzene rings is 3. The van der Waals surface area contributed by atoms with Gasteiger partial charge in [-0.3, -0.25) is 4.79 Å². The summed E-state index contributed by atoms with van der Waals surface area (Å²) in [5.41, 5.74) is 1.60. The average Bonchev–Trinajstić information content (AvgIpc) is 2.78. The average molecular weight is 505 g/mol. The number of nitrogens with one attached hydrogen (secondary N) is 2. The van der Waals surface area contributed by atoms with E-state index in [1.54, 1.807) is 19.1 Å². The molecule has 0 heterocycles. The molecule has 3 aromatic carbocycles. The number of hydrogen-bond donors (Lipinski definition) is 3. The maximum absolute atomic E-state index is 12.5. The van der Waals surface area contributed by atoms with Crippen molar-refractivity contribution >= 4 is 38.7 Å². The normalized spacial score (nSPS) is 12.0. The van der Waals surface area contributed by atoms with E-state index in [-0.39, 0.29) is 28.1 Å². The summed E-state index contributed by atoms with van der Waals surface area (Å²) in [6.07, 6.45) is 0.335. The zero-order chi connectivity index (χ0) is 24.9. The molecular weight excluding hydrogens is 480 g/mol. The highest BCUT2D eigenvalue weighted by Crippen LogP contribution is 2.34. The van der Waals surface area contributed by atoms with Crippen LogP contribution in [0.15, 0.2) is 65.6 Å². The van der Waals surface area contributed by atoms with Crippen LogP contribution in [-0.4, -0.2) is 38.5 Å². The number of phenolic OH excluding ortho intramolecular Hbond substituents is 1. The van der Waals surface area contributed by atoms with Gasteiger partial charge in [0.2, 0.25) is 0 Å². The number of aromatic hydroxyl groups is 1. The molecule has 0 fully saturated rings. The minimum atomic E-state index is -3.29. The van der Waals surface area contributed by atoms with Crippen molar-refractivity contribution in [1.82, 2.24) is 0 Å². The number of halogens is 1. The Morgan fingerprint density at radius 2 is 1.65 bits per heavy atom. The maximum atomic E-state index is 12.5. The number of ether oxygens (including phenoxy) is 2. The Hall–Kier alpha value is -3.43. The minimum absolute atomic E-state index is 0.0186. The molecule has 3 aromatic rings. The fourth-order valence-corrected chi connectivity index (χ4v) is 3.73. The van der Waals surface area contributed by atoms with E-state index in [1.165, 1.54) is 36.4 Å². The molecule has 0 saturated carbocycles. The van der Waals surface area contributed by atoms with E-state index in [9.17, 15) is 18.3 Å². The van der Waals surface area contributed by atoms with Gasteiger partial charge in [-0.1, -0.05) is 29.3 Å². The highest BCUT2D eigenvalue weighted by atomic mass is 35.5. The Bertz CT molecular complexity index is 1260. The second kappa shape index (κ2) is 10.7. The van der Waals surface area contributed by atoms with E-state index in [1.807, 2.05) is 19.1 Å². The van der Waals surface area contributed by atoms with Crippen LogP contribution in [0.2, 0.25) is 5.02 Å². The van der Waals surface area contributed by atoms with Crippen LogP contribution in [0, 0.1) is 6.92 Å². The first-order valence-electron chi connectivity index (χ1n) is 10.3. The predicted molar refractivity (Wildman–Crippen MR) is 132 cm³/mol. The van der Waals surface area contributed by atoms with Crippen molar-refractivity contribution in [2.75, 3.05) is 23.6 Å². The fourth-order valence-electron chi connectivity index (χ4n) is 2.89. The molecule has 3 rings (SSSR count). The monoisotopic (exact) mass is 504 g/mol. The molecule has 0 saturated heterocycles. The summed E-state index contributed by atoms with van der Waals surface area (Å²) in [7, 11) is -3.29. The topological polar surface area (TPSA) is 114 Å². The third-order valence-corrected chi connectivity index (χ3v) is 6.24.